The molecule has 0 spiro atoms. The zero-order valence-electron chi connectivity index (χ0n) is 13.9. The summed E-state index contributed by atoms with van der Waals surface area (Å²) in [5.41, 5.74) is 0.763. The van der Waals surface area contributed by atoms with Crippen LogP contribution in [-0.2, 0) is 0 Å². The van der Waals surface area contributed by atoms with E-state index in [1.54, 1.807) is 7.11 Å². The van der Waals surface area contributed by atoms with Gasteiger partial charge in [-0.1, -0.05) is 6.42 Å². The van der Waals surface area contributed by atoms with Crippen molar-refractivity contribution in [2.75, 3.05) is 33.3 Å². The fourth-order valence-corrected chi connectivity index (χ4v) is 4.83. The van der Waals surface area contributed by atoms with Crippen molar-refractivity contribution in [2.45, 2.75) is 31.7 Å². The molecule has 3 atom stereocenters. The summed E-state index contributed by atoms with van der Waals surface area (Å²) in [7, 11) is 1.64. The summed E-state index contributed by atoms with van der Waals surface area (Å²) in [6.45, 7) is 3.79. The minimum absolute atomic E-state index is 0.153. The number of nitrogens with zero attached hydrogens (tertiary/aromatic N) is 2. The Morgan fingerprint density at radius 1 is 1.04 bits per heavy atom. The molecule has 124 valence electrons. The summed E-state index contributed by atoms with van der Waals surface area (Å²) in [4.78, 5) is 17.3. The average molecular weight is 314 g/mol. The maximum atomic E-state index is 12.6. The van der Waals surface area contributed by atoms with Gasteiger partial charge in [-0.15, -0.1) is 0 Å². The van der Waals surface area contributed by atoms with Crippen molar-refractivity contribution in [3.8, 4) is 5.75 Å². The molecule has 1 aromatic rings. The maximum Gasteiger partial charge on any atom is 0.253 e. The Balaban J connectivity index is 1.34. The third kappa shape index (κ3) is 2.85. The number of hydrogen-bond donors (Lipinski definition) is 0. The summed E-state index contributed by atoms with van der Waals surface area (Å²) >= 11 is 0. The standard InChI is InChI=1S/C19H26N2O2/c1-23-17-6-4-15(5-7-17)19(22)21-10-8-20(9-11-21)18-13-14-2-3-16(18)12-14/h4-7,14,16,18H,2-3,8-13H2,1H3/t14-,16-,18+/m1/s1. The van der Waals surface area contributed by atoms with Crippen LogP contribution in [0.4, 0.5) is 0 Å². The summed E-state index contributed by atoms with van der Waals surface area (Å²) < 4.78 is 5.16. The molecule has 2 bridgehead atoms. The molecule has 4 heteroatoms. The Bertz CT molecular complexity index is 563. The van der Waals surface area contributed by atoms with E-state index in [2.05, 4.69) is 4.90 Å². The highest BCUT2D eigenvalue weighted by molar-refractivity contribution is 5.94. The highest BCUT2D eigenvalue weighted by Gasteiger charge is 2.42. The molecule has 2 saturated carbocycles. The lowest BCUT2D eigenvalue weighted by molar-refractivity contribution is 0.0496. The van der Waals surface area contributed by atoms with Gasteiger partial charge in [-0.25, -0.2) is 0 Å². The highest BCUT2D eigenvalue weighted by atomic mass is 16.5. The van der Waals surface area contributed by atoms with Gasteiger partial charge in [0.15, 0.2) is 0 Å². The molecule has 1 aliphatic heterocycles. The fraction of sp³-hybridized carbons (Fsp3) is 0.632. The van der Waals surface area contributed by atoms with E-state index in [9.17, 15) is 4.79 Å². The largest absolute Gasteiger partial charge is 0.497 e. The zero-order chi connectivity index (χ0) is 15.8. The lowest BCUT2D eigenvalue weighted by Gasteiger charge is -2.41. The third-order valence-corrected chi connectivity index (χ3v) is 6.11. The molecule has 1 amide bonds. The van der Waals surface area contributed by atoms with E-state index in [0.29, 0.717) is 0 Å². The Labute approximate surface area is 138 Å². The SMILES string of the molecule is COc1ccc(C(=O)N2CCN([C@H]3C[C@@H]4CC[C@@H]3C4)CC2)cc1. The predicted octanol–water partition coefficient (Wildman–Crippen LogP) is 2.64. The second kappa shape index (κ2) is 6.16. The average Bonchev–Trinajstić information content (AvgIpc) is 3.25. The summed E-state index contributed by atoms with van der Waals surface area (Å²) in [5, 5.41) is 0. The highest BCUT2D eigenvalue weighted by Crippen LogP contribution is 2.46. The molecule has 3 fully saturated rings. The minimum Gasteiger partial charge on any atom is -0.497 e. The van der Waals surface area contributed by atoms with E-state index in [1.165, 1.54) is 25.7 Å². The molecule has 1 aromatic carbocycles. The van der Waals surface area contributed by atoms with Crippen molar-refractivity contribution < 1.29 is 9.53 Å². The van der Waals surface area contributed by atoms with Crippen molar-refractivity contribution in [2.24, 2.45) is 11.8 Å². The van der Waals surface area contributed by atoms with Gasteiger partial charge in [-0.05, 0) is 55.4 Å². The normalized spacial score (nSPS) is 30.7. The topological polar surface area (TPSA) is 32.8 Å². The van der Waals surface area contributed by atoms with Gasteiger partial charge in [0.1, 0.15) is 5.75 Å². The molecule has 0 radical (unpaired) electrons. The van der Waals surface area contributed by atoms with Crippen molar-refractivity contribution >= 4 is 5.91 Å². The number of benzene rings is 1. The van der Waals surface area contributed by atoms with Gasteiger partial charge < -0.3 is 9.64 Å². The molecular weight excluding hydrogens is 288 g/mol. The van der Waals surface area contributed by atoms with Crippen LogP contribution in [0, 0.1) is 11.8 Å². The second-order valence-electron chi connectivity index (χ2n) is 7.30. The Morgan fingerprint density at radius 3 is 2.35 bits per heavy atom. The van der Waals surface area contributed by atoms with Crippen LogP contribution >= 0.6 is 0 Å². The van der Waals surface area contributed by atoms with E-state index in [-0.39, 0.29) is 5.91 Å². The first kappa shape index (κ1) is 15.0. The molecule has 3 aliphatic rings. The molecule has 0 unspecified atom stereocenters. The maximum absolute atomic E-state index is 12.6. The van der Waals surface area contributed by atoms with E-state index in [1.807, 2.05) is 29.2 Å². The lowest BCUT2D eigenvalue weighted by Crippen LogP contribution is -2.53. The second-order valence-corrected chi connectivity index (χ2v) is 7.30. The van der Waals surface area contributed by atoms with Gasteiger partial charge in [0.05, 0.1) is 7.11 Å². The number of rotatable bonds is 3. The van der Waals surface area contributed by atoms with Crippen LogP contribution in [0.5, 0.6) is 5.75 Å². The van der Waals surface area contributed by atoms with E-state index in [4.69, 9.17) is 4.74 Å². The number of carbonyl (C=O) groups is 1. The van der Waals surface area contributed by atoms with Gasteiger partial charge in [0.25, 0.3) is 5.91 Å². The van der Waals surface area contributed by atoms with Gasteiger partial charge in [0.2, 0.25) is 0 Å². The molecule has 1 heterocycles. The molecule has 4 nitrogen and oxygen atoms in total. The molecular formula is C19H26N2O2. The molecule has 1 saturated heterocycles. The van der Waals surface area contributed by atoms with Crippen LogP contribution in [0.2, 0.25) is 0 Å². The van der Waals surface area contributed by atoms with Crippen LogP contribution in [0.25, 0.3) is 0 Å². The van der Waals surface area contributed by atoms with Gasteiger partial charge in [-0.2, -0.15) is 0 Å². The molecule has 0 aromatic heterocycles. The fourth-order valence-electron chi connectivity index (χ4n) is 4.83. The first-order chi connectivity index (χ1) is 11.2. The smallest absolute Gasteiger partial charge is 0.253 e. The van der Waals surface area contributed by atoms with Crippen molar-refractivity contribution in [1.82, 2.24) is 9.80 Å². The summed E-state index contributed by atoms with van der Waals surface area (Å²) in [6, 6.07) is 8.25. The molecule has 4 rings (SSSR count). The quantitative estimate of drug-likeness (QED) is 0.860. The predicted molar refractivity (Wildman–Crippen MR) is 89.7 cm³/mol. The number of piperazine rings is 1. The zero-order valence-corrected chi connectivity index (χ0v) is 13.9. The van der Waals surface area contributed by atoms with Crippen LogP contribution in [-0.4, -0.2) is 55.0 Å². The monoisotopic (exact) mass is 314 g/mol. The van der Waals surface area contributed by atoms with E-state index >= 15 is 0 Å². The summed E-state index contributed by atoms with van der Waals surface area (Å²) in [6.07, 6.45) is 5.74. The minimum atomic E-state index is 0.153. The third-order valence-electron chi connectivity index (χ3n) is 6.11. The van der Waals surface area contributed by atoms with Crippen LogP contribution in [0.15, 0.2) is 24.3 Å². The first-order valence-corrected chi connectivity index (χ1v) is 8.92. The van der Waals surface area contributed by atoms with Crippen LogP contribution in [0.1, 0.15) is 36.0 Å². The number of carbonyl (C=O) groups excluding carboxylic acids is 1. The molecule has 0 N–H and O–H groups in total. The van der Waals surface area contributed by atoms with E-state index in [0.717, 1.165) is 55.4 Å². The number of amides is 1. The Morgan fingerprint density at radius 2 is 1.78 bits per heavy atom. The number of hydrogen-bond acceptors (Lipinski definition) is 3. The first-order valence-electron chi connectivity index (χ1n) is 8.92. The Hall–Kier alpha value is -1.55. The van der Waals surface area contributed by atoms with Crippen molar-refractivity contribution in [3.63, 3.8) is 0 Å². The number of fused-ring (bicyclic) bond motifs is 2. The van der Waals surface area contributed by atoms with Gasteiger partial charge in [0, 0.05) is 37.8 Å². The Kier molecular flexibility index (Phi) is 4.02. The van der Waals surface area contributed by atoms with Crippen molar-refractivity contribution in [3.05, 3.63) is 29.8 Å². The molecule has 23 heavy (non-hydrogen) atoms. The number of ether oxygens (including phenoxy) is 1. The van der Waals surface area contributed by atoms with Crippen LogP contribution in [0.3, 0.4) is 0 Å². The van der Waals surface area contributed by atoms with Gasteiger partial charge in [-0.3, -0.25) is 9.69 Å². The number of methoxy groups -OCH3 is 1. The summed E-state index contributed by atoms with van der Waals surface area (Å²) in [5.74, 6) is 2.87. The molecule has 2 aliphatic carbocycles. The van der Waals surface area contributed by atoms with Gasteiger partial charge >= 0.3 is 0 Å². The van der Waals surface area contributed by atoms with Crippen molar-refractivity contribution in [1.29, 1.82) is 0 Å². The van der Waals surface area contributed by atoms with E-state index < -0.39 is 0 Å². The van der Waals surface area contributed by atoms with Crippen LogP contribution < -0.4 is 4.74 Å². The lowest BCUT2D eigenvalue weighted by atomic mass is 9.93.